The molecule has 0 aliphatic rings. The van der Waals surface area contributed by atoms with Crippen LogP contribution in [0.2, 0.25) is 0 Å². The molecule has 4 aromatic rings. The molecule has 4 rings (SSSR count). The van der Waals surface area contributed by atoms with Crippen LogP contribution in [-0.2, 0) is 50.9 Å². The third-order valence-electron chi connectivity index (χ3n) is 7.57. The number of hydrogen-bond acceptors (Lipinski definition) is 12. The van der Waals surface area contributed by atoms with Gasteiger partial charge >= 0.3 is 35.8 Å². The van der Waals surface area contributed by atoms with Crippen LogP contribution in [0, 0.1) is 0 Å². The highest BCUT2D eigenvalue weighted by Gasteiger charge is 2.24. The molecule has 2 aromatic heterocycles. The minimum Gasteiger partial charge on any atom is -0.466 e. The van der Waals surface area contributed by atoms with Gasteiger partial charge in [-0.15, -0.1) is 0 Å². The zero-order valence-electron chi connectivity index (χ0n) is 30.4. The SMILES string of the molecule is CCOC(=O)CCc1c(C(=O)OCC)[nH]c2cc(C(=O)OCC)ccc12.CCOC(=O)CCc1c(C(=O)OCC)[nH]c2cccc(C(=O)OCC)c12. The van der Waals surface area contributed by atoms with E-state index in [0.717, 1.165) is 5.39 Å². The van der Waals surface area contributed by atoms with Crippen LogP contribution in [0.4, 0.5) is 0 Å². The van der Waals surface area contributed by atoms with Crippen molar-refractivity contribution in [3.05, 3.63) is 70.0 Å². The van der Waals surface area contributed by atoms with Crippen molar-refractivity contribution in [3.63, 3.8) is 0 Å². The van der Waals surface area contributed by atoms with Gasteiger partial charge < -0.3 is 38.4 Å². The molecule has 0 saturated heterocycles. The van der Waals surface area contributed by atoms with E-state index in [-0.39, 0.29) is 75.6 Å². The normalized spacial score (nSPS) is 10.6. The van der Waals surface area contributed by atoms with Gasteiger partial charge in [0, 0.05) is 34.6 Å². The highest BCUT2D eigenvalue weighted by Crippen LogP contribution is 2.29. The first-order valence-electron chi connectivity index (χ1n) is 17.3. The first-order valence-corrected chi connectivity index (χ1v) is 17.3. The Hall–Kier alpha value is -5.66. The van der Waals surface area contributed by atoms with Gasteiger partial charge in [-0.2, -0.15) is 0 Å². The molecule has 280 valence electrons. The van der Waals surface area contributed by atoms with Gasteiger partial charge in [0.25, 0.3) is 0 Å². The van der Waals surface area contributed by atoms with Gasteiger partial charge in [0.05, 0.1) is 50.8 Å². The molecule has 14 nitrogen and oxygen atoms in total. The molecule has 0 unspecified atom stereocenters. The number of fused-ring (bicyclic) bond motifs is 2. The van der Waals surface area contributed by atoms with Gasteiger partial charge in [-0.05, 0) is 89.8 Å². The van der Waals surface area contributed by atoms with E-state index >= 15 is 0 Å². The summed E-state index contributed by atoms with van der Waals surface area (Å²) in [4.78, 5) is 78.3. The van der Waals surface area contributed by atoms with Crippen molar-refractivity contribution < 1.29 is 57.2 Å². The quantitative estimate of drug-likeness (QED) is 0.101. The van der Waals surface area contributed by atoms with E-state index in [9.17, 15) is 28.8 Å². The Bertz CT molecular complexity index is 1890. The van der Waals surface area contributed by atoms with E-state index in [1.807, 2.05) is 0 Å². The van der Waals surface area contributed by atoms with E-state index in [1.54, 1.807) is 77.9 Å². The van der Waals surface area contributed by atoms with E-state index in [0.29, 0.717) is 51.7 Å². The summed E-state index contributed by atoms with van der Waals surface area (Å²) in [6.45, 7) is 11.9. The number of benzene rings is 2. The van der Waals surface area contributed by atoms with Crippen LogP contribution < -0.4 is 0 Å². The van der Waals surface area contributed by atoms with Crippen LogP contribution >= 0.6 is 0 Å². The second-order valence-electron chi connectivity index (χ2n) is 10.9. The molecule has 0 bridgehead atoms. The summed E-state index contributed by atoms with van der Waals surface area (Å²) in [6, 6.07) is 10.1. The predicted octanol–water partition coefficient (Wildman–Crippen LogP) is 6.03. The van der Waals surface area contributed by atoms with Crippen molar-refractivity contribution in [2.45, 2.75) is 67.2 Å². The number of carbonyl (C=O) groups is 6. The fourth-order valence-corrected chi connectivity index (χ4v) is 5.48. The minimum atomic E-state index is -0.530. The highest BCUT2D eigenvalue weighted by atomic mass is 16.5. The molecule has 2 N–H and O–H groups in total. The van der Waals surface area contributed by atoms with Crippen molar-refractivity contribution in [1.82, 2.24) is 9.97 Å². The summed E-state index contributed by atoms with van der Waals surface area (Å²) >= 11 is 0. The summed E-state index contributed by atoms with van der Waals surface area (Å²) in [5.74, 6) is -2.65. The number of nitrogens with one attached hydrogen (secondary N) is 2. The monoisotopic (exact) mass is 722 g/mol. The molecule has 0 amide bonds. The van der Waals surface area contributed by atoms with Crippen LogP contribution in [0.5, 0.6) is 0 Å². The zero-order chi connectivity index (χ0) is 38.2. The lowest BCUT2D eigenvalue weighted by Gasteiger charge is -2.08. The lowest BCUT2D eigenvalue weighted by atomic mass is 10.0. The third-order valence-corrected chi connectivity index (χ3v) is 7.57. The molecule has 0 radical (unpaired) electrons. The summed E-state index contributed by atoms with van der Waals surface area (Å²) in [6.07, 6.45) is 0.798. The molecule has 0 fully saturated rings. The maximum absolute atomic E-state index is 12.3. The molecule has 0 aliphatic carbocycles. The Morgan fingerprint density at radius 2 is 1.00 bits per heavy atom. The Morgan fingerprint density at radius 3 is 1.56 bits per heavy atom. The second kappa shape index (κ2) is 20.3. The second-order valence-corrected chi connectivity index (χ2v) is 10.9. The maximum atomic E-state index is 12.3. The molecule has 0 spiro atoms. The molecule has 0 aliphatic heterocycles. The van der Waals surface area contributed by atoms with Crippen LogP contribution in [0.15, 0.2) is 36.4 Å². The molecule has 0 atom stereocenters. The first kappa shape index (κ1) is 40.8. The van der Waals surface area contributed by atoms with Crippen molar-refractivity contribution in [3.8, 4) is 0 Å². The van der Waals surface area contributed by atoms with Crippen LogP contribution in [0.25, 0.3) is 21.8 Å². The van der Waals surface area contributed by atoms with E-state index in [1.165, 1.54) is 0 Å². The summed E-state index contributed by atoms with van der Waals surface area (Å²) in [5, 5.41) is 1.32. The Balaban J connectivity index is 0.000000280. The van der Waals surface area contributed by atoms with E-state index in [4.69, 9.17) is 28.4 Å². The summed E-state index contributed by atoms with van der Waals surface area (Å²) in [5.41, 5.74) is 3.69. The Kier molecular flexibility index (Phi) is 15.9. The van der Waals surface area contributed by atoms with Gasteiger partial charge in [0.2, 0.25) is 0 Å². The van der Waals surface area contributed by atoms with Gasteiger partial charge in [-0.1, -0.05) is 12.1 Å². The zero-order valence-corrected chi connectivity index (χ0v) is 30.4. The maximum Gasteiger partial charge on any atom is 0.355 e. The molecule has 2 aromatic carbocycles. The van der Waals surface area contributed by atoms with Crippen LogP contribution in [0.3, 0.4) is 0 Å². The summed E-state index contributed by atoms with van der Waals surface area (Å²) < 4.78 is 30.2. The van der Waals surface area contributed by atoms with Gasteiger partial charge in [0.15, 0.2) is 0 Å². The van der Waals surface area contributed by atoms with Crippen molar-refractivity contribution >= 4 is 57.6 Å². The Morgan fingerprint density at radius 1 is 0.519 bits per heavy atom. The van der Waals surface area contributed by atoms with Crippen molar-refractivity contribution in [2.75, 3.05) is 39.6 Å². The number of carbonyl (C=O) groups excluding carboxylic acids is 6. The fourth-order valence-electron chi connectivity index (χ4n) is 5.48. The first-order chi connectivity index (χ1) is 25.0. The smallest absolute Gasteiger partial charge is 0.355 e. The fraction of sp³-hybridized carbons (Fsp3) is 0.421. The molecular formula is C38H46N2O12. The van der Waals surface area contributed by atoms with Crippen LogP contribution in [-0.4, -0.2) is 85.4 Å². The lowest BCUT2D eigenvalue weighted by molar-refractivity contribution is -0.144. The summed E-state index contributed by atoms with van der Waals surface area (Å²) in [7, 11) is 0. The average Bonchev–Trinajstić information content (AvgIpc) is 3.69. The number of rotatable bonds is 16. The molecular weight excluding hydrogens is 676 g/mol. The average molecular weight is 723 g/mol. The predicted molar refractivity (Wildman–Crippen MR) is 190 cm³/mol. The Labute approximate surface area is 301 Å². The third kappa shape index (κ3) is 10.4. The van der Waals surface area contributed by atoms with Crippen LogP contribution in [0.1, 0.15) is 107 Å². The van der Waals surface area contributed by atoms with E-state index in [2.05, 4.69) is 9.97 Å². The number of hydrogen-bond donors (Lipinski definition) is 2. The van der Waals surface area contributed by atoms with Crippen molar-refractivity contribution in [1.29, 1.82) is 0 Å². The number of esters is 6. The standard InChI is InChI=1S/2C19H23NO6/c1-4-24-16(21)10-9-14-13-8-7-12(18(22)25-5-2)11-15(13)20-17(14)19(23)26-6-3;1-4-24-15(21)11-10-12-16-13(18(22)25-5-2)8-7-9-14(16)20-17(12)19(23)26-6-3/h7-8,11,20H,4-6,9-10H2,1-3H3;7-9,20H,4-6,10-11H2,1-3H3. The highest BCUT2D eigenvalue weighted by molar-refractivity contribution is 6.09. The largest absolute Gasteiger partial charge is 0.466 e. The lowest BCUT2D eigenvalue weighted by Crippen LogP contribution is -2.11. The number of ether oxygens (including phenoxy) is 6. The van der Waals surface area contributed by atoms with Crippen molar-refractivity contribution in [2.24, 2.45) is 0 Å². The number of H-pyrrole nitrogens is 2. The van der Waals surface area contributed by atoms with Gasteiger partial charge in [0.1, 0.15) is 11.4 Å². The van der Waals surface area contributed by atoms with Gasteiger partial charge in [-0.25, -0.2) is 19.2 Å². The molecule has 2 heterocycles. The molecule has 14 heteroatoms. The molecule has 52 heavy (non-hydrogen) atoms. The van der Waals surface area contributed by atoms with Gasteiger partial charge in [-0.3, -0.25) is 9.59 Å². The topological polar surface area (TPSA) is 189 Å². The molecule has 0 saturated carbocycles. The minimum absolute atomic E-state index is 0.0877. The number of aryl methyl sites for hydroxylation is 2. The van der Waals surface area contributed by atoms with E-state index < -0.39 is 23.9 Å². The number of aromatic amines is 2. The number of aromatic nitrogens is 2.